The van der Waals surface area contributed by atoms with E-state index in [0.29, 0.717) is 11.1 Å². The van der Waals surface area contributed by atoms with E-state index in [9.17, 15) is 13.5 Å². The zero-order valence-electron chi connectivity index (χ0n) is 12.8. The highest BCUT2D eigenvalue weighted by Crippen LogP contribution is 2.28. The maximum absolute atomic E-state index is 12.5. The summed E-state index contributed by atoms with van der Waals surface area (Å²) in [6, 6.07) is 5.10. The monoisotopic (exact) mass is 311 g/mol. The number of aryl methyl sites for hydroxylation is 1. The predicted molar refractivity (Wildman–Crippen MR) is 83.5 cm³/mol. The highest BCUT2D eigenvalue weighted by Gasteiger charge is 2.26. The van der Waals surface area contributed by atoms with Crippen LogP contribution in [0.25, 0.3) is 0 Å². The number of nitrogens with one attached hydrogen (secondary N) is 1. The Balaban J connectivity index is 2.12. The number of aliphatic hydroxyl groups is 1. The molecule has 0 radical (unpaired) electrons. The van der Waals surface area contributed by atoms with Crippen LogP contribution in [0, 0.1) is 12.8 Å². The van der Waals surface area contributed by atoms with Crippen molar-refractivity contribution in [2.75, 3.05) is 0 Å². The minimum atomic E-state index is -3.51. The largest absolute Gasteiger partial charge is 0.392 e. The maximum Gasteiger partial charge on any atom is 0.241 e. The van der Waals surface area contributed by atoms with Crippen LogP contribution < -0.4 is 4.72 Å². The van der Waals surface area contributed by atoms with E-state index < -0.39 is 10.0 Å². The molecule has 1 fully saturated rings. The van der Waals surface area contributed by atoms with Gasteiger partial charge in [-0.3, -0.25) is 0 Å². The van der Waals surface area contributed by atoms with Gasteiger partial charge >= 0.3 is 0 Å². The third-order valence-corrected chi connectivity index (χ3v) is 6.13. The highest BCUT2D eigenvalue weighted by atomic mass is 32.2. The first-order valence-corrected chi connectivity index (χ1v) is 9.17. The van der Waals surface area contributed by atoms with Crippen LogP contribution in [-0.2, 0) is 16.6 Å². The van der Waals surface area contributed by atoms with E-state index in [-0.39, 0.29) is 17.5 Å². The summed E-state index contributed by atoms with van der Waals surface area (Å²) in [5.74, 6) is 0.741. The predicted octanol–water partition coefficient (Wildman–Crippen LogP) is 2.73. The zero-order chi connectivity index (χ0) is 15.5. The summed E-state index contributed by atoms with van der Waals surface area (Å²) in [7, 11) is -3.51. The van der Waals surface area contributed by atoms with E-state index in [4.69, 9.17) is 0 Å². The lowest BCUT2D eigenvalue weighted by Gasteiger charge is -2.28. The second-order valence-corrected chi connectivity index (χ2v) is 7.69. The van der Waals surface area contributed by atoms with Crippen molar-refractivity contribution < 1.29 is 13.5 Å². The molecule has 0 saturated heterocycles. The normalized spacial score (nSPS) is 23.2. The summed E-state index contributed by atoms with van der Waals surface area (Å²) in [5.41, 5.74) is 1.33. The van der Waals surface area contributed by atoms with Crippen molar-refractivity contribution in [1.82, 2.24) is 4.72 Å². The lowest BCUT2D eigenvalue weighted by atomic mass is 9.85. The molecule has 1 aromatic carbocycles. The van der Waals surface area contributed by atoms with Gasteiger partial charge in [-0.1, -0.05) is 25.5 Å². The molecular formula is C16H25NO3S. The lowest BCUT2D eigenvalue weighted by Crippen LogP contribution is -2.37. The van der Waals surface area contributed by atoms with Crippen LogP contribution in [0.2, 0.25) is 0 Å². The van der Waals surface area contributed by atoms with Crippen LogP contribution in [0.1, 0.15) is 50.2 Å². The van der Waals surface area contributed by atoms with Gasteiger partial charge in [0.15, 0.2) is 0 Å². The SMILES string of the molecule is CCC1CCC(NS(=O)(=O)c2cc(CO)ccc2C)CC1. The standard InChI is InChI=1S/C16H25NO3S/c1-3-13-6-8-15(9-7-13)17-21(19,20)16-10-14(11-18)5-4-12(16)2/h4-5,10,13,15,17-18H,3,6-9,11H2,1-2H3. The molecule has 1 aliphatic carbocycles. The molecular weight excluding hydrogens is 286 g/mol. The molecule has 0 atom stereocenters. The summed E-state index contributed by atoms with van der Waals surface area (Å²) in [5, 5.41) is 9.18. The summed E-state index contributed by atoms with van der Waals surface area (Å²) >= 11 is 0. The maximum atomic E-state index is 12.5. The molecule has 5 heteroatoms. The van der Waals surface area contributed by atoms with Gasteiger partial charge in [-0.15, -0.1) is 0 Å². The average molecular weight is 311 g/mol. The molecule has 4 nitrogen and oxygen atoms in total. The van der Waals surface area contributed by atoms with Crippen LogP contribution in [0.5, 0.6) is 0 Å². The quantitative estimate of drug-likeness (QED) is 0.878. The smallest absolute Gasteiger partial charge is 0.241 e. The topological polar surface area (TPSA) is 66.4 Å². The van der Waals surface area contributed by atoms with E-state index in [0.717, 1.165) is 31.6 Å². The van der Waals surface area contributed by atoms with Gasteiger partial charge in [0.25, 0.3) is 0 Å². The first-order chi connectivity index (χ1) is 9.96. The summed E-state index contributed by atoms with van der Waals surface area (Å²) in [6.45, 7) is 3.83. The summed E-state index contributed by atoms with van der Waals surface area (Å²) < 4.78 is 27.9. The molecule has 0 spiro atoms. The molecule has 118 valence electrons. The van der Waals surface area contributed by atoms with Crippen LogP contribution >= 0.6 is 0 Å². The van der Waals surface area contributed by atoms with Crippen LogP contribution in [0.15, 0.2) is 23.1 Å². The zero-order valence-corrected chi connectivity index (χ0v) is 13.6. The van der Waals surface area contributed by atoms with Crippen molar-refractivity contribution in [2.24, 2.45) is 5.92 Å². The number of hydrogen-bond donors (Lipinski definition) is 2. The third-order valence-electron chi connectivity index (χ3n) is 4.47. The molecule has 1 aromatic rings. The first-order valence-electron chi connectivity index (χ1n) is 7.69. The van der Waals surface area contributed by atoms with Crippen molar-refractivity contribution >= 4 is 10.0 Å². The van der Waals surface area contributed by atoms with Crippen molar-refractivity contribution in [2.45, 2.75) is 63.5 Å². The molecule has 1 aliphatic rings. The van der Waals surface area contributed by atoms with Crippen LogP contribution in [-0.4, -0.2) is 19.6 Å². The Morgan fingerprint density at radius 3 is 2.48 bits per heavy atom. The van der Waals surface area contributed by atoms with Gasteiger partial charge in [0.1, 0.15) is 0 Å². The average Bonchev–Trinajstić information content (AvgIpc) is 2.48. The Hall–Kier alpha value is -0.910. The Morgan fingerprint density at radius 2 is 1.90 bits per heavy atom. The number of hydrogen-bond acceptors (Lipinski definition) is 3. The van der Waals surface area contributed by atoms with Crippen LogP contribution in [0.4, 0.5) is 0 Å². The molecule has 2 N–H and O–H groups in total. The minimum absolute atomic E-state index is 0.0370. The van der Waals surface area contributed by atoms with Crippen molar-refractivity contribution in [3.8, 4) is 0 Å². The second-order valence-electron chi connectivity index (χ2n) is 6.01. The molecule has 1 saturated carbocycles. The fourth-order valence-electron chi connectivity index (χ4n) is 3.00. The summed E-state index contributed by atoms with van der Waals surface area (Å²) in [4.78, 5) is 0.284. The Bertz CT molecular complexity index is 575. The third kappa shape index (κ3) is 4.05. The fraction of sp³-hybridized carbons (Fsp3) is 0.625. The lowest BCUT2D eigenvalue weighted by molar-refractivity contribution is 0.281. The van der Waals surface area contributed by atoms with Crippen molar-refractivity contribution in [3.05, 3.63) is 29.3 Å². The van der Waals surface area contributed by atoms with E-state index in [1.54, 1.807) is 25.1 Å². The molecule has 0 aliphatic heterocycles. The molecule has 0 aromatic heterocycles. The first kappa shape index (κ1) is 16.5. The summed E-state index contributed by atoms with van der Waals surface area (Å²) in [6.07, 6.45) is 5.20. The Kier molecular flexibility index (Phi) is 5.41. The molecule has 0 amide bonds. The minimum Gasteiger partial charge on any atom is -0.392 e. The van der Waals surface area contributed by atoms with Gasteiger partial charge in [0.2, 0.25) is 10.0 Å². The fourth-order valence-corrected chi connectivity index (χ4v) is 4.60. The number of aliphatic hydroxyl groups excluding tert-OH is 1. The van der Waals surface area contributed by atoms with Crippen molar-refractivity contribution in [1.29, 1.82) is 0 Å². The van der Waals surface area contributed by atoms with E-state index in [1.165, 1.54) is 6.42 Å². The van der Waals surface area contributed by atoms with Crippen molar-refractivity contribution in [3.63, 3.8) is 0 Å². The van der Waals surface area contributed by atoms with Crippen LogP contribution in [0.3, 0.4) is 0 Å². The van der Waals surface area contributed by atoms with Gasteiger partial charge in [-0.2, -0.15) is 0 Å². The van der Waals surface area contributed by atoms with E-state index >= 15 is 0 Å². The molecule has 0 heterocycles. The second kappa shape index (κ2) is 6.90. The van der Waals surface area contributed by atoms with E-state index in [1.807, 2.05) is 0 Å². The highest BCUT2D eigenvalue weighted by molar-refractivity contribution is 7.89. The molecule has 0 unspecified atom stereocenters. The molecule has 21 heavy (non-hydrogen) atoms. The van der Waals surface area contributed by atoms with Gasteiger partial charge < -0.3 is 5.11 Å². The number of sulfonamides is 1. The van der Waals surface area contributed by atoms with Gasteiger partial charge in [0.05, 0.1) is 11.5 Å². The Morgan fingerprint density at radius 1 is 1.24 bits per heavy atom. The molecule has 2 rings (SSSR count). The van der Waals surface area contributed by atoms with E-state index in [2.05, 4.69) is 11.6 Å². The molecule has 0 bridgehead atoms. The number of benzene rings is 1. The number of rotatable bonds is 5. The Labute approximate surface area is 127 Å². The van der Waals surface area contributed by atoms with Gasteiger partial charge in [-0.05, 0) is 55.7 Å². The van der Waals surface area contributed by atoms with Gasteiger partial charge in [0, 0.05) is 6.04 Å². The van der Waals surface area contributed by atoms with Gasteiger partial charge in [-0.25, -0.2) is 13.1 Å².